The van der Waals surface area contributed by atoms with E-state index >= 15 is 0 Å². The first-order valence-electron chi connectivity index (χ1n) is 5.99. The third kappa shape index (κ3) is 3.88. The molecule has 0 aliphatic heterocycles. The summed E-state index contributed by atoms with van der Waals surface area (Å²) in [7, 11) is 3.26. The second kappa shape index (κ2) is 7.31. The Balaban J connectivity index is 2.02. The third-order valence-corrected chi connectivity index (χ3v) is 4.77. The zero-order valence-electron chi connectivity index (χ0n) is 11.2. The molecule has 1 aromatic heterocycles. The van der Waals surface area contributed by atoms with Crippen LogP contribution in [0.25, 0.3) is 0 Å². The third-order valence-electron chi connectivity index (χ3n) is 2.80. The Labute approximate surface area is 136 Å². The van der Waals surface area contributed by atoms with Crippen LogP contribution >= 0.6 is 38.9 Å². The number of thiophene rings is 1. The summed E-state index contributed by atoms with van der Waals surface area (Å²) in [6, 6.07) is 7.83. The lowest BCUT2D eigenvalue weighted by atomic mass is 10.2. The Morgan fingerprint density at radius 2 is 1.85 bits per heavy atom. The molecule has 0 atom stereocenters. The molecule has 20 heavy (non-hydrogen) atoms. The lowest BCUT2D eigenvalue weighted by Crippen LogP contribution is -2.12. The lowest BCUT2D eigenvalue weighted by Gasteiger charge is -2.12. The maximum Gasteiger partial charge on any atom is 0.161 e. The average Bonchev–Trinajstić information content (AvgIpc) is 2.85. The van der Waals surface area contributed by atoms with Crippen molar-refractivity contribution in [3.05, 3.63) is 43.5 Å². The van der Waals surface area contributed by atoms with Gasteiger partial charge in [0.2, 0.25) is 0 Å². The van der Waals surface area contributed by atoms with Crippen LogP contribution in [0.5, 0.6) is 11.5 Å². The van der Waals surface area contributed by atoms with E-state index < -0.39 is 0 Å². The van der Waals surface area contributed by atoms with Crippen LogP contribution in [0.2, 0.25) is 4.34 Å². The highest BCUT2D eigenvalue weighted by Gasteiger charge is 2.09. The fourth-order valence-electron chi connectivity index (χ4n) is 1.80. The van der Waals surface area contributed by atoms with E-state index in [1.54, 1.807) is 25.6 Å². The predicted molar refractivity (Wildman–Crippen MR) is 87.1 cm³/mol. The topological polar surface area (TPSA) is 30.5 Å². The van der Waals surface area contributed by atoms with E-state index in [-0.39, 0.29) is 0 Å². The van der Waals surface area contributed by atoms with Gasteiger partial charge in [0.1, 0.15) is 0 Å². The molecule has 0 radical (unpaired) electrons. The molecule has 1 N–H and O–H groups in total. The monoisotopic (exact) mass is 375 g/mol. The summed E-state index contributed by atoms with van der Waals surface area (Å²) in [4.78, 5) is 1.21. The van der Waals surface area contributed by atoms with E-state index in [9.17, 15) is 0 Å². The summed E-state index contributed by atoms with van der Waals surface area (Å²) in [6.07, 6.45) is 0. The molecule has 0 fully saturated rings. The SMILES string of the molecule is COc1cc(Br)c(CNCc2ccc(Cl)s2)cc1OC. The first-order valence-corrected chi connectivity index (χ1v) is 7.98. The predicted octanol–water partition coefficient (Wildman–Crippen LogP) is 4.47. The second-order valence-corrected chi connectivity index (χ2v) is 6.76. The molecule has 3 nitrogen and oxygen atoms in total. The van der Waals surface area contributed by atoms with Crippen molar-refractivity contribution in [2.45, 2.75) is 13.1 Å². The number of benzene rings is 1. The summed E-state index contributed by atoms with van der Waals surface area (Å²) in [5.41, 5.74) is 1.12. The van der Waals surface area contributed by atoms with Crippen molar-refractivity contribution >= 4 is 38.9 Å². The van der Waals surface area contributed by atoms with E-state index in [1.165, 1.54) is 4.88 Å². The molecule has 0 saturated heterocycles. The Kier molecular flexibility index (Phi) is 5.72. The first kappa shape index (κ1) is 15.6. The lowest BCUT2D eigenvalue weighted by molar-refractivity contribution is 0.354. The van der Waals surface area contributed by atoms with Crippen LogP contribution in [-0.2, 0) is 13.1 Å². The summed E-state index contributed by atoms with van der Waals surface area (Å²) in [5.74, 6) is 1.44. The molecule has 0 aliphatic rings. The maximum absolute atomic E-state index is 5.91. The van der Waals surface area contributed by atoms with Crippen molar-refractivity contribution in [1.82, 2.24) is 5.32 Å². The molecule has 2 rings (SSSR count). The number of nitrogens with one attached hydrogen (secondary N) is 1. The van der Waals surface area contributed by atoms with Crippen molar-refractivity contribution in [2.24, 2.45) is 0 Å². The van der Waals surface area contributed by atoms with Gasteiger partial charge in [-0.25, -0.2) is 0 Å². The van der Waals surface area contributed by atoms with Crippen LogP contribution < -0.4 is 14.8 Å². The van der Waals surface area contributed by atoms with Gasteiger partial charge >= 0.3 is 0 Å². The summed E-state index contributed by atoms with van der Waals surface area (Å²) >= 11 is 11.0. The van der Waals surface area contributed by atoms with Crippen molar-refractivity contribution in [3.8, 4) is 11.5 Å². The number of hydrogen-bond donors (Lipinski definition) is 1. The van der Waals surface area contributed by atoms with Gasteiger partial charge in [-0.3, -0.25) is 0 Å². The van der Waals surface area contributed by atoms with Crippen LogP contribution in [0.1, 0.15) is 10.4 Å². The quantitative estimate of drug-likeness (QED) is 0.807. The van der Waals surface area contributed by atoms with E-state index in [4.69, 9.17) is 21.1 Å². The molecule has 0 amide bonds. The molecule has 2 aromatic rings. The van der Waals surface area contributed by atoms with E-state index in [2.05, 4.69) is 21.2 Å². The van der Waals surface area contributed by atoms with E-state index in [0.717, 1.165) is 33.2 Å². The molecule has 0 bridgehead atoms. The Morgan fingerprint density at radius 1 is 1.15 bits per heavy atom. The minimum atomic E-state index is 0.716. The summed E-state index contributed by atoms with van der Waals surface area (Å²) in [5, 5.41) is 3.39. The van der Waals surface area contributed by atoms with Gasteiger partial charge in [-0.05, 0) is 29.8 Å². The van der Waals surface area contributed by atoms with Crippen LogP contribution in [0.3, 0.4) is 0 Å². The molecular weight excluding hydrogens is 362 g/mol. The average molecular weight is 377 g/mol. The van der Waals surface area contributed by atoms with Gasteiger partial charge in [-0.15, -0.1) is 11.3 Å². The Bertz CT molecular complexity index is 589. The minimum absolute atomic E-state index is 0.716. The van der Waals surface area contributed by atoms with Gasteiger partial charge in [0, 0.05) is 22.4 Å². The molecule has 108 valence electrons. The number of methoxy groups -OCH3 is 2. The summed E-state index contributed by atoms with van der Waals surface area (Å²) < 4.78 is 12.4. The van der Waals surface area contributed by atoms with Gasteiger partial charge in [0.05, 0.1) is 18.6 Å². The van der Waals surface area contributed by atoms with Crippen molar-refractivity contribution in [2.75, 3.05) is 14.2 Å². The number of rotatable bonds is 6. The fourth-order valence-corrected chi connectivity index (χ4v) is 3.32. The fraction of sp³-hybridized carbons (Fsp3) is 0.286. The van der Waals surface area contributed by atoms with E-state index in [1.807, 2.05) is 24.3 Å². The highest BCUT2D eigenvalue weighted by molar-refractivity contribution is 9.10. The molecule has 0 unspecified atom stereocenters. The largest absolute Gasteiger partial charge is 0.493 e. The van der Waals surface area contributed by atoms with Crippen molar-refractivity contribution in [1.29, 1.82) is 0 Å². The zero-order chi connectivity index (χ0) is 14.5. The van der Waals surface area contributed by atoms with Crippen LogP contribution in [0, 0.1) is 0 Å². The highest BCUT2D eigenvalue weighted by atomic mass is 79.9. The van der Waals surface area contributed by atoms with Gasteiger partial charge in [-0.1, -0.05) is 27.5 Å². The molecule has 0 saturated carbocycles. The number of ether oxygens (including phenoxy) is 2. The van der Waals surface area contributed by atoms with Gasteiger partial charge in [-0.2, -0.15) is 0 Å². The van der Waals surface area contributed by atoms with Crippen molar-refractivity contribution < 1.29 is 9.47 Å². The van der Waals surface area contributed by atoms with Crippen molar-refractivity contribution in [3.63, 3.8) is 0 Å². The zero-order valence-corrected chi connectivity index (χ0v) is 14.4. The molecule has 1 aromatic carbocycles. The standard InChI is InChI=1S/C14H15BrClNO2S/c1-18-12-5-9(11(15)6-13(12)19-2)7-17-8-10-3-4-14(16)20-10/h3-6,17H,7-8H2,1-2H3. The van der Waals surface area contributed by atoms with Gasteiger partial charge in [0.25, 0.3) is 0 Å². The number of halogens is 2. The first-order chi connectivity index (χ1) is 9.63. The molecular formula is C14H15BrClNO2S. The summed E-state index contributed by atoms with van der Waals surface area (Å²) in [6.45, 7) is 1.52. The smallest absolute Gasteiger partial charge is 0.161 e. The molecule has 0 spiro atoms. The second-order valence-electron chi connectivity index (χ2n) is 4.11. The van der Waals surface area contributed by atoms with E-state index in [0.29, 0.717) is 5.75 Å². The minimum Gasteiger partial charge on any atom is -0.493 e. The highest BCUT2D eigenvalue weighted by Crippen LogP contribution is 2.33. The van der Waals surface area contributed by atoms with Gasteiger partial charge in [0.15, 0.2) is 11.5 Å². The van der Waals surface area contributed by atoms with Crippen LogP contribution in [0.15, 0.2) is 28.7 Å². The molecule has 1 heterocycles. The molecule has 6 heteroatoms. The Morgan fingerprint density at radius 3 is 2.45 bits per heavy atom. The Hall–Kier alpha value is -0.750. The normalized spacial score (nSPS) is 10.6. The van der Waals surface area contributed by atoms with Crippen LogP contribution in [-0.4, -0.2) is 14.2 Å². The maximum atomic E-state index is 5.91. The van der Waals surface area contributed by atoms with Crippen LogP contribution in [0.4, 0.5) is 0 Å². The molecule has 0 aliphatic carbocycles. The number of hydrogen-bond acceptors (Lipinski definition) is 4. The van der Waals surface area contributed by atoms with Gasteiger partial charge < -0.3 is 14.8 Å².